The number of para-hydroxylation sites is 2. The Morgan fingerprint density at radius 3 is 2.36 bits per heavy atom. The van der Waals surface area contributed by atoms with E-state index in [1.807, 2.05) is 0 Å². The fourth-order valence-corrected chi connectivity index (χ4v) is 5.53. The second kappa shape index (κ2) is 8.42. The van der Waals surface area contributed by atoms with Gasteiger partial charge in [0.25, 0.3) is 5.91 Å². The molecule has 1 saturated heterocycles. The molecule has 1 fully saturated rings. The van der Waals surface area contributed by atoms with Gasteiger partial charge in [0, 0.05) is 19.2 Å². The van der Waals surface area contributed by atoms with Crippen LogP contribution in [0.2, 0.25) is 0 Å². The number of carbonyl (C=O) groups excluding carboxylic acids is 1. The van der Waals surface area contributed by atoms with Gasteiger partial charge in [0.05, 0.1) is 18.4 Å². The van der Waals surface area contributed by atoms with Gasteiger partial charge in [-0.3, -0.25) is 4.79 Å². The van der Waals surface area contributed by atoms with E-state index in [1.165, 1.54) is 16.4 Å². The Bertz CT molecular complexity index is 1320. The number of amides is 1. The second-order valence-corrected chi connectivity index (χ2v) is 9.64. The second-order valence-electron chi connectivity index (χ2n) is 7.74. The zero-order valence-corrected chi connectivity index (χ0v) is 18.7. The van der Waals surface area contributed by atoms with Crippen LogP contribution in [0.25, 0.3) is 0 Å². The molecule has 0 radical (unpaired) electrons. The number of benzene rings is 3. The lowest BCUT2D eigenvalue weighted by atomic mass is 10.1. The molecular weight excluding hydrogens is 444 g/mol. The summed E-state index contributed by atoms with van der Waals surface area (Å²) in [6.07, 6.45) is 1.58. The number of hydrogen-bond acceptors (Lipinski definition) is 6. The van der Waals surface area contributed by atoms with Gasteiger partial charge in [-0.15, -0.1) is 0 Å². The lowest BCUT2D eigenvalue weighted by Gasteiger charge is -2.20. The Morgan fingerprint density at radius 2 is 1.64 bits per heavy atom. The monoisotopic (exact) mass is 466 g/mol. The third-order valence-electron chi connectivity index (χ3n) is 5.62. The van der Waals surface area contributed by atoms with Crippen molar-refractivity contribution in [3.63, 3.8) is 0 Å². The molecule has 2 aliphatic rings. The van der Waals surface area contributed by atoms with Crippen molar-refractivity contribution in [3.05, 3.63) is 66.2 Å². The Labute approximate surface area is 191 Å². The summed E-state index contributed by atoms with van der Waals surface area (Å²) in [5, 5.41) is 2.78. The average molecular weight is 467 g/mol. The molecule has 0 saturated carbocycles. The first-order valence-electron chi connectivity index (χ1n) is 10.5. The van der Waals surface area contributed by atoms with Gasteiger partial charge in [0.15, 0.2) is 11.5 Å². The molecule has 0 aromatic heterocycles. The number of carbonyl (C=O) groups is 1. The van der Waals surface area contributed by atoms with Crippen LogP contribution in [-0.2, 0) is 10.0 Å². The van der Waals surface area contributed by atoms with Crippen molar-refractivity contribution in [2.75, 3.05) is 25.5 Å². The van der Waals surface area contributed by atoms with Gasteiger partial charge in [-0.2, -0.15) is 4.31 Å². The molecule has 0 bridgehead atoms. The Morgan fingerprint density at radius 1 is 0.939 bits per heavy atom. The molecule has 1 amide bonds. The predicted molar refractivity (Wildman–Crippen MR) is 122 cm³/mol. The number of nitrogens with zero attached hydrogens (tertiary/aromatic N) is 1. The highest BCUT2D eigenvalue weighted by atomic mass is 32.2. The minimum Gasteiger partial charge on any atom is -0.497 e. The molecule has 0 aliphatic carbocycles. The Balaban J connectivity index is 1.64. The lowest BCUT2D eigenvalue weighted by Crippen LogP contribution is -2.28. The van der Waals surface area contributed by atoms with Crippen LogP contribution in [0.15, 0.2) is 65.6 Å². The van der Waals surface area contributed by atoms with Crippen LogP contribution in [0, 0.1) is 0 Å². The van der Waals surface area contributed by atoms with Crippen LogP contribution >= 0.6 is 0 Å². The van der Waals surface area contributed by atoms with Crippen molar-refractivity contribution in [2.24, 2.45) is 0 Å². The molecule has 33 heavy (non-hydrogen) atoms. The van der Waals surface area contributed by atoms with Crippen molar-refractivity contribution >= 4 is 21.6 Å². The Kier molecular flexibility index (Phi) is 5.43. The number of hydrogen-bond donors (Lipinski definition) is 1. The normalized spacial score (nSPS) is 15.6. The summed E-state index contributed by atoms with van der Waals surface area (Å²) in [6.45, 7) is 0.852. The first kappa shape index (κ1) is 21.3. The molecule has 3 aromatic rings. The quantitative estimate of drug-likeness (QED) is 0.589. The van der Waals surface area contributed by atoms with Gasteiger partial charge in [-0.05, 0) is 55.3 Å². The van der Waals surface area contributed by atoms with Crippen LogP contribution in [-0.4, -0.2) is 38.8 Å². The van der Waals surface area contributed by atoms with Gasteiger partial charge in [0.2, 0.25) is 10.0 Å². The minimum atomic E-state index is -3.89. The summed E-state index contributed by atoms with van der Waals surface area (Å²) < 4.78 is 45.6. The van der Waals surface area contributed by atoms with E-state index in [2.05, 4.69) is 5.32 Å². The van der Waals surface area contributed by atoms with Gasteiger partial charge >= 0.3 is 0 Å². The van der Waals surface area contributed by atoms with Gasteiger partial charge in [0.1, 0.15) is 22.1 Å². The van der Waals surface area contributed by atoms with E-state index in [4.69, 9.17) is 14.2 Å². The molecule has 5 rings (SSSR count). The van der Waals surface area contributed by atoms with Crippen molar-refractivity contribution < 1.29 is 27.4 Å². The number of sulfonamides is 1. The zero-order valence-electron chi connectivity index (χ0n) is 17.9. The number of methoxy groups -OCH3 is 1. The largest absolute Gasteiger partial charge is 0.497 e. The van der Waals surface area contributed by atoms with Gasteiger partial charge in [-0.25, -0.2) is 8.42 Å². The summed E-state index contributed by atoms with van der Waals surface area (Å²) in [4.78, 5) is 12.9. The van der Waals surface area contributed by atoms with Crippen molar-refractivity contribution in [3.8, 4) is 28.7 Å². The number of ether oxygens (including phenoxy) is 3. The molecule has 0 spiro atoms. The summed E-state index contributed by atoms with van der Waals surface area (Å²) in [6, 6.07) is 16.6. The maximum absolute atomic E-state index is 13.5. The van der Waals surface area contributed by atoms with Crippen molar-refractivity contribution in [1.82, 2.24) is 4.31 Å². The molecule has 8 nitrogen and oxygen atoms in total. The lowest BCUT2D eigenvalue weighted by molar-refractivity contribution is 0.102. The third-order valence-corrected chi connectivity index (χ3v) is 7.54. The summed E-state index contributed by atoms with van der Waals surface area (Å²) in [7, 11) is -2.33. The minimum absolute atomic E-state index is 0.0799. The molecule has 2 heterocycles. The predicted octanol–water partition coefficient (Wildman–Crippen LogP) is 4.63. The molecule has 3 aromatic carbocycles. The highest BCUT2D eigenvalue weighted by Crippen LogP contribution is 2.42. The first-order chi connectivity index (χ1) is 16.0. The maximum atomic E-state index is 13.5. The highest BCUT2D eigenvalue weighted by molar-refractivity contribution is 7.89. The summed E-state index contributed by atoms with van der Waals surface area (Å²) in [5.74, 6) is 1.36. The number of anilines is 1. The van der Waals surface area contributed by atoms with Crippen molar-refractivity contribution in [1.29, 1.82) is 0 Å². The molecule has 0 unspecified atom stereocenters. The maximum Gasteiger partial charge on any atom is 0.259 e. The smallest absolute Gasteiger partial charge is 0.259 e. The molecule has 0 atom stereocenters. The van der Waals surface area contributed by atoms with Gasteiger partial charge in [-0.1, -0.05) is 12.1 Å². The van der Waals surface area contributed by atoms with E-state index >= 15 is 0 Å². The van der Waals surface area contributed by atoms with E-state index in [0.717, 1.165) is 12.8 Å². The van der Waals surface area contributed by atoms with Crippen LogP contribution in [0.4, 0.5) is 5.69 Å². The van der Waals surface area contributed by atoms with Crippen LogP contribution in [0.5, 0.6) is 28.7 Å². The molecule has 2 aliphatic heterocycles. The van der Waals surface area contributed by atoms with E-state index in [0.29, 0.717) is 36.0 Å². The molecule has 1 N–H and O–H groups in total. The summed E-state index contributed by atoms with van der Waals surface area (Å²) >= 11 is 0. The zero-order chi connectivity index (χ0) is 23.0. The van der Waals surface area contributed by atoms with Crippen LogP contribution in [0.1, 0.15) is 23.2 Å². The fraction of sp³-hybridized carbons (Fsp3) is 0.208. The topological polar surface area (TPSA) is 94.2 Å². The third kappa shape index (κ3) is 4.01. The van der Waals surface area contributed by atoms with E-state index < -0.39 is 15.9 Å². The average Bonchev–Trinajstić information content (AvgIpc) is 3.32. The number of fused-ring (bicyclic) bond motifs is 2. The molecule has 170 valence electrons. The first-order valence-corrected chi connectivity index (χ1v) is 12.0. The van der Waals surface area contributed by atoms with Crippen LogP contribution in [0.3, 0.4) is 0 Å². The number of nitrogens with one attached hydrogen (secondary N) is 1. The van der Waals surface area contributed by atoms with E-state index in [-0.39, 0.29) is 22.0 Å². The number of rotatable bonds is 5. The van der Waals surface area contributed by atoms with Crippen LogP contribution < -0.4 is 19.5 Å². The fourth-order valence-electron chi connectivity index (χ4n) is 3.89. The SMILES string of the molecule is COc1ccc(Oc2cc3c(cc2S(=O)(=O)N2CCCC2)C(=O)Nc2ccccc2O3)cc1. The Hall–Kier alpha value is -3.56. The van der Waals surface area contributed by atoms with E-state index in [1.54, 1.807) is 55.6 Å². The molecule has 9 heteroatoms. The highest BCUT2D eigenvalue weighted by Gasteiger charge is 2.33. The van der Waals surface area contributed by atoms with Gasteiger partial charge < -0.3 is 19.5 Å². The summed E-state index contributed by atoms with van der Waals surface area (Å²) in [5.41, 5.74) is 0.617. The standard InChI is InChI=1S/C24H22N2O6S/c1-30-16-8-10-17(11-9-16)31-22-15-21-18(14-23(22)33(28,29)26-12-4-5-13-26)24(27)25-19-6-2-3-7-20(19)32-21/h2-3,6-11,14-15H,4-5,12-13H2,1H3,(H,25,27). The molecular formula is C24H22N2O6S. The van der Waals surface area contributed by atoms with Crippen molar-refractivity contribution in [2.45, 2.75) is 17.7 Å². The van der Waals surface area contributed by atoms with E-state index in [9.17, 15) is 13.2 Å².